The molecule has 1 aliphatic rings. The maximum Gasteiger partial charge on any atom is 0.337 e. The Labute approximate surface area is 129 Å². The predicted octanol–water partition coefficient (Wildman–Crippen LogP) is 1.33. The summed E-state index contributed by atoms with van der Waals surface area (Å²) >= 11 is 5.11. The first-order valence-electron chi connectivity index (χ1n) is 6.69. The largest absolute Gasteiger partial charge is 0.465 e. The third-order valence-electron chi connectivity index (χ3n) is 3.49. The first-order valence-corrected chi connectivity index (χ1v) is 7.10. The molecule has 1 saturated carbocycles. The van der Waals surface area contributed by atoms with Crippen LogP contribution in [0, 0.1) is 10.7 Å². The summed E-state index contributed by atoms with van der Waals surface area (Å²) in [5.74, 6) is -0.765. The van der Waals surface area contributed by atoms with Crippen molar-refractivity contribution in [3.8, 4) is 0 Å². The van der Waals surface area contributed by atoms with Crippen LogP contribution in [0.4, 0.5) is 0 Å². The molecule has 1 aromatic heterocycles. The minimum absolute atomic E-state index is 0.0429. The van der Waals surface area contributed by atoms with E-state index in [4.69, 9.17) is 12.2 Å². The van der Waals surface area contributed by atoms with Gasteiger partial charge in [0.25, 0.3) is 5.56 Å². The molecule has 22 heavy (non-hydrogen) atoms. The second-order valence-corrected chi connectivity index (χ2v) is 5.46. The number of hydrogen-bond donors (Lipinski definition) is 2. The third-order valence-corrected chi connectivity index (χ3v) is 3.77. The quantitative estimate of drug-likeness (QED) is 0.657. The van der Waals surface area contributed by atoms with Crippen molar-refractivity contribution in [2.45, 2.75) is 12.8 Å². The molecule has 1 fully saturated rings. The molecule has 114 valence electrons. The second-order valence-electron chi connectivity index (χ2n) is 5.07. The van der Waals surface area contributed by atoms with Crippen molar-refractivity contribution in [3.63, 3.8) is 0 Å². The number of esters is 1. The summed E-state index contributed by atoms with van der Waals surface area (Å²) < 4.78 is 5.72. The monoisotopic (exact) mass is 319 g/mol. The summed E-state index contributed by atoms with van der Waals surface area (Å²) in [6.45, 7) is 0. The number of carbonyl (C=O) groups excluding carboxylic acids is 2. The van der Waals surface area contributed by atoms with Gasteiger partial charge in [-0.25, -0.2) is 4.79 Å². The van der Waals surface area contributed by atoms with Crippen LogP contribution in [-0.2, 0) is 9.53 Å². The Morgan fingerprint density at radius 2 is 2.14 bits per heavy atom. The fourth-order valence-corrected chi connectivity index (χ4v) is 2.35. The van der Waals surface area contributed by atoms with Gasteiger partial charge >= 0.3 is 5.97 Å². The highest BCUT2D eigenvalue weighted by atomic mass is 32.1. The van der Waals surface area contributed by atoms with Crippen LogP contribution in [-0.4, -0.2) is 28.6 Å². The number of H-pyrrole nitrogens is 1. The number of aromatic amines is 1. The lowest BCUT2D eigenvalue weighted by molar-refractivity contribution is -0.118. The molecule has 0 radical (unpaired) electrons. The molecule has 0 unspecified atom stereocenters. The maximum atomic E-state index is 12.4. The summed E-state index contributed by atoms with van der Waals surface area (Å²) in [5.41, 5.74) is 2.80. The standard InChI is InChI=1S/C14H13N3O4S/c1-21-13(20)8-4-5-9-10(6-8)15-14(22)17(12(9)19)16-11(18)7-2-3-7/h4-7H,2-3H2,1H3,(H,15,22)(H,16,18). The van der Waals surface area contributed by atoms with E-state index < -0.39 is 11.5 Å². The Bertz CT molecular complexity index is 895. The molecule has 1 aromatic carbocycles. The zero-order valence-corrected chi connectivity index (χ0v) is 12.5. The van der Waals surface area contributed by atoms with Gasteiger partial charge in [0, 0.05) is 5.92 Å². The molecule has 0 spiro atoms. The zero-order chi connectivity index (χ0) is 15.9. The Kier molecular flexibility index (Phi) is 3.53. The summed E-state index contributed by atoms with van der Waals surface area (Å²) in [4.78, 5) is 38.6. The average Bonchev–Trinajstić information content (AvgIpc) is 3.34. The normalized spacial score (nSPS) is 13.9. The van der Waals surface area contributed by atoms with E-state index in [1.54, 1.807) is 0 Å². The van der Waals surface area contributed by atoms with E-state index in [1.807, 2.05) is 0 Å². The summed E-state index contributed by atoms with van der Waals surface area (Å²) in [7, 11) is 1.28. The number of aromatic nitrogens is 2. The third kappa shape index (κ3) is 2.52. The highest BCUT2D eigenvalue weighted by Crippen LogP contribution is 2.28. The van der Waals surface area contributed by atoms with Crippen molar-refractivity contribution in [2.75, 3.05) is 12.5 Å². The molecule has 0 aliphatic heterocycles. The molecule has 0 bridgehead atoms. The van der Waals surface area contributed by atoms with E-state index in [0.29, 0.717) is 16.5 Å². The van der Waals surface area contributed by atoms with Crippen LogP contribution in [0.5, 0.6) is 0 Å². The van der Waals surface area contributed by atoms with Crippen molar-refractivity contribution < 1.29 is 14.3 Å². The molecule has 0 atom stereocenters. The van der Waals surface area contributed by atoms with Gasteiger partial charge in [-0.2, -0.15) is 4.68 Å². The van der Waals surface area contributed by atoms with Gasteiger partial charge in [-0.15, -0.1) is 0 Å². The minimum atomic E-state index is -0.507. The number of nitrogens with zero attached hydrogens (tertiary/aromatic N) is 1. The zero-order valence-electron chi connectivity index (χ0n) is 11.7. The number of fused-ring (bicyclic) bond motifs is 1. The number of hydrogen-bond acceptors (Lipinski definition) is 5. The molecular formula is C14H13N3O4S. The van der Waals surface area contributed by atoms with Crippen LogP contribution >= 0.6 is 12.2 Å². The Morgan fingerprint density at radius 3 is 2.77 bits per heavy atom. The van der Waals surface area contributed by atoms with Crippen LogP contribution in [0.1, 0.15) is 23.2 Å². The number of carbonyl (C=O) groups is 2. The maximum absolute atomic E-state index is 12.4. The van der Waals surface area contributed by atoms with Crippen molar-refractivity contribution in [1.82, 2.24) is 9.66 Å². The Morgan fingerprint density at radius 1 is 1.41 bits per heavy atom. The number of benzene rings is 1. The fourth-order valence-electron chi connectivity index (χ4n) is 2.11. The van der Waals surface area contributed by atoms with E-state index in [9.17, 15) is 14.4 Å². The number of amides is 1. The predicted molar refractivity (Wildman–Crippen MR) is 81.8 cm³/mol. The Hall–Kier alpha value is -2.48. The topological polar surface area (TPSA) is 93.2 Å². The van der Waals surface area contributed by atoms with Gasteiger partial charge in [-0.05, 0) is 43.3 Å². The van der Waals surface area contributed by atoms with Crippen molar-refractivity contribution in [1.29, 1.82) is 0 Å². The van der Waals surface area contributed by atoms with Crippen molar-refractivity contribution in [2.24, 2.45) is 5.92 Å². The van der Waals surface area contributed by atoms with Gasteiger partial charge in [0.2, 0.25) is 5.91 Å². The van der Waals surface area contributed by atoms with Gasteiger partial charge in [0.1, 0.15) is 0 Å². The lowest BCUT2D eigenvalue weighted by atomic mass is 10.1. The number of methoxy groups -OCH3 is 1. The first-order chi connectivity index (χ1) is 10.5. The first kappa shape index (κ1) is 14.5. The second kappa shape index (κ2) is 5.38. The summed E-state index contributed by atoms with van der Waals surface area (Å²) in [6.07, 6.45) is 1.65. The lowest BCUT2D eigenvalue weighted by Gasteiger charge is -2.09. The molecule has 1 heterocycles. The molecule has 1 amide bonds. The summed E-state index contributed by atoms with van der Waals surface area (Å²) in [6, 6.07) is 4.47. The molecule has 2 aromatic rings. The molecule has 7 nitrogen and oxygen atoms in total. The smallest absolute Gasteiger partial charge is 0.337 e. The van der Waals surface area contributed by atoms with E-state index in [0.717, 1.165) is 17.5 Å². The highest BCUT2D eigenvalue weighted by molar-refractivity contribution is 7.71. The molecule has 0 saturated heterocycles. The van der Waals surface area contributed by atoms with Gasteiger partial charge < -0.3 is 9.72 Å². The lowest BCUT2D eigenvalue weighted by Crippen LogP contribution is -2.35. The van der Waals surface area contributed by atoms with E-state index in [1.165, 1.54) is 25.3 Å². The summed E-state index contributed by atoms with van der Waals surface area (Å²) in [5, 5.41) is 0.317. The Balaban J connectivity index is 2.09. The van der Waals surface area contributed by atoms with Crippen LogP contribution in [0.3, 0.4) is 0 Å². The number of rotatable bonds is 3. The highest BCUT2D eigenvalue weighted by Gasteiger charge is 2.30. The van der Waals surface area contributed by atoms with Crippen LogP contribution in [0.2, 0.25) is 0 Å². The van der Waals surface area contributed by atoms with Crippen molar-refractivity contribution in [3.05, 3.63) is 38.9 Å². The van der Waals surface area contributed by atoms with Gasteiger partial charge in [0.15, 0.2) is 4.77 Å². The molecule has 8 heteroatoms. The van der Waals surface area contributed by atoms with E-state index in [2.05, 4.69) is 15.1 Å². The molecular weight excluding hydrogens is 306 g/mol. The molecule has 3 rings (SSSR count). The van der Waals surface area contributed by atoms with Crippen LogP contribution in [0.15, 0.2) is 23.0 Å². The van der Waals surface area contributed by atoms with Crippen LogP contribution < -0.4 is 11.0 Å². The molecule has 1 aliphatic carbocycles. The van der Waals surface area contributed by atoms with Crippen LogP contribution in [0.25, 0.3) is 10.9 Å². The SMILES string of the molecule is COC(=O)c1ccc2c(=O)n(NC(=O)C3CC3)c(=S)[nH]c2c1. The van der Waals surface area contributed by atoms with E-state index >= 15 is 0 Å². The van der Waals surface area contributed by atoms with Gasteiger partial charge in [-0.3, -0.25) is 15.0 Å². The number of nitrogens with one attached hydrogen (secondary N) is 2. The van der Waals surface area contributed by atoms with Crippen molar-refractivity contribution >= 4 is 35.0 Å². The molecule has 2 N–H and O–H groups in total. The minimum Gasteiger partial charge on any atom is -0.465 e. The number of ether oxygens (including phenoxy) is 1. The van der Waals surface area contributed by atoms with E-state index in [-0.39, 0.29) is 16.6 Å². The fraction of sp³-hybridized carbons (Fsp3) is 0.286. The van der Waals surface area contributed by atoms with Gasteiger partial charge in [-0.1, -0.05) is 0 Å². The van der Waals surface area contributed by atoms with Gasteiger partial charge in [0.05, 0.1) is 23.6 Å². The average molecular weight is 319 g/mol.